The highest BCUT2D eigenvalue weighted by molar-refractivity contribution is 8.00. The number of anilines is 1. The van der Waals surface area contributed by atoms with Gasteiger partial charge in [-0.1, -0.05) is 6.07 Å². The number of benzene rings is 1. The first-order valence-electron chi connectivity index (χ1n) is 5.80. The Morgan fingerprint density at radius 2 is 2.18 bits per heavy atom. The van der Waals surface area contributed by atoms with E-state index in [1.807, 2.05) is 11.0 Å². The number of aryl methyl sites for hydroxylation is 2. The van der Waals surface area contributed by atoms with Gasteiger partial charge in [0.15, 0.2) is 0 Å². The topological polar surface area (TPSA) is 46.3 Å². The molecule has 0 bridgehead atoms. The largest absolute Gasteiger partial charge is 0.328 e. The van der Waals surface area contributed by atoms with Crippen molar-refractivity contribution in [2.75, 3.05) is 23.0 Å². The van der Waals surface area contributed by atoms with Crippen LogP contribution in [0.3, 0.4) is 0 Å². The molecule has 1 aliphatic rings. The molecule has 1 fully saturated rings. The fourth-order valence-corrected chi connectivity index (χ4v) is 3.02. The molecule has 0 radical (unpaired) electrons. The third kappa shape index (κ3) is 2.48. The van der Waals surface area contributed by atoms with Crippen molar-refractivity contribution in [2.24, 2.45) is 5.73 Å². The second kappa shape index (κ2) is 5.10. The minimum absolute atomic E-state index is 0.128. The molecule has 1 unspecified atom stereocenters. The normalized spacial score (nSPS) is 20.8. The summed E-state index contributed by atoms with van der Waals surface area (Å²) in [6.07, 6.45) is 0. The number of nitrogens with zero attached hydrogens (tertiary/aromatic N) is 1. The van der Waals surface area contributed by atoms with Crippen molar-refractivity contribution in [2.45, 2.75) is 19.9 Å². The first-order chi connectivity index (χ1) is 8.13. The van der Waals surface area contributed by atoms with Gasteiger partial charge < -0.3 is 10.6 Å². The standard InChI is InChI=1S/C13H18N2OS/c1-9-3-4-11(5-10(9)2)15-12(6-14)7-17-8-13(15)16/h3-5,12H,6-8,14H2,1-2H3. The molecular weight excluding hydrogens is 232 g/mol. The highest BCUT2D eigenvalue weighted by atomic mass is 32.2. The van der Waals surface area contributed by atoms with Crippen molar-refractivity contribution >= 4 is 23.4 Å². The van der Waals surface area contributed by atoms with E-state index in [2.05, 4.69) is 26.0 Å². The Labute approximate surface area is 106 Å². The van der Waals surface area contributed by atoms with E-state index in [0.29, 0.717) is 12.3 Å². The Morgan fingerprint density at radius 3 is 2.82 bits per heavy atom. The van der Waals surface area contributed by atoms with Crippen LogP contribution in [0.5, 0.6) is 0 Å². The van der Waals surface area contributed by atoms with E-state index in [4.69, 9.17) is 5.73 Å². The number of carbonyl (C=O) groups excluding carboxylic acids is 1. The SMILES string of the molecule is Cc1ccc(N2C(=O)CSCC2CN)cc1C. The highest BCUT2D eigenvalue weighted by Crippen LogP contribution is 2.26. The lowest BCUT2D eigenvalue weighted by atomic mass is 10.1. The van der Waals surface area contributed by atoms with Gasteiger partial charge in [0.2, 0.25) is 5.91 Å². The molecule has 1 heterocycles. The summed E-state index contributed by atoms with van der Waals surface area (Å²) in [6, 6.07) is 6.28. The average Bonchev–Trinajstić information content (AvgIpc) is 2.32. The lowest BCUT2D eigenvalue weighted by molar-refractivity contribution is -0.116. The fraction of sp³-hybridized carbons (Fsp3) is 0.462. The van der Waals surface area contributed by atoms with Gasteiger partial charge in [0, 0.05) is 18.0 Å². The Morgan fingerprint density at radius 1 is 1.41 bits per heavy atom. The van der Waals surface area contributed by atoms with Crippen LogP contribution < -0.4 is 10.6 Å². The first-order valence-corrected chi connectivity index (χ1v) is 6.96. The number of hydrogen-bond acceptors (Lipinski definition) is 3. The molecule has 92 valence electrons. The Bertz CT molecular complexity index is 433. The molecule has 0 aliphatic carbocycles. The summed E-state index contributed by atoms with van der Waals surface area (Å²) in [5.41, 5.74) is 9.19. The monoisotopic (exact) mass is 250 g/mol. The van der Waals surface area contributed by atoms with Crippen LogP contribution in [0.1, 0.15) is 11.1 Å². The minimum Gasteiger partial charge on any atom is -0.328 e. The highest BCUT2D eigenvalue weighted by Gasteiger charge is 2.28. The van der Waals surface area contributed by atoms with Crippen LogP contribution in [0.25, 0.3) is 0 Å². The summed E-state index contributed by atoms with van der Waals surface area (Å²) in [5, 5.41) is 0. The van der Waals surface area contributed by atoms with E-state index in [-0.39, 0.29) is 11.9 Å². The quantitative estimate of drug-likeness (QED) is 0.869. The first kappa shape index (κ1) is 12.5. The summed E-state index contributed by atoms with van der Waals surface area (Å²) >= 11 is 1.67. The number of carbonyl (C=O) groups is 1. The zero-order chi connectivity index (χ0) is 12.4. The van der Waals surface area contributed by atoms with Gasteiger partial charge in [-0.05, 0) is 37.1 Å². The van der Waals surface area contributed by atoms with Gasteiger partial charge in [0.1, 0.15) is 0 Å². The molecule has 1 amide bonds. The third-order valence-corrected chi connectivity index (χ3v) is 4.28. The third-order valence-electron chi connectivity index (χ3n) is 3.21. The maximum Gasteiger partial charge on any atom is 0.237 e. The second-order valence-electron chi connectivity index (χ2n) is 4.44. The lowest BCUT2D eigenvalue weighted by Crippen LogP contribution is -2.50. The molecule has 1 atom stereocenters. The number of hydrogen-bond donors (Lipinski definition) is 1. The maximum absolute atomic E-state index is 12.0. The molecule has 1 saturated heterocycles. The predicted molar refractivity (Wildman–Crippen MR) is 73.6 cm³/mol. The Hall–Kier alpha value is -1.00. The van der Waals surface area contributed by atoms with Crippen molar-refractivity contribution < 1.29 is 4.79 Å². The number of thioether (sulfide) groups is 1. The van der Waals surface area contributed by atoms with Gasteiger partial charge in [-0.2, -0.15) is 0 Å². The summed E-state index contributed by atoms with van der Waals surface area (Å²) in [4.78, 5) is 13.9. The van der Waals surface area contributed by atoms with Gasteiger partial charge in [0.25, 0.3) is 0 Å². The fourth-order valence-electron chi connectivity index (χ4n) is 2.03. The lowest BCUT2D eigenvalue weighted by Gasteiger charge is -2.34. The van der Waals surface area contributed by atoms with E-state index >= 15 is 0 Å². The molecule has 0 aromatic heterocycles. The summed E-state index contributed by atoms with van der Waals surface area (Å²) < 4.78 is 0. The molecule has 4 heteroatoms. The molecule has 3 nitrogen and oxygen atoms in total. The summed E-state index contributed by atoms with van der Waals surface area (Å²) in [5.74, 6) is 1.65. The Balaban J connectivity index is 2.34. The minimum atomic E-state index is 0.128. The molecule has 2 N–H and O–H groups in total. The van der Waals surface area contributed by atoms with Gasteiger partial charge in [-0.25, -0.2) is 0 Å². The number of amides is 1. The van der Waals surface area contributed by atoms with E-state index in [9.17, 15) is 4.79 Å². The molecule has 1 aliphatic heterocycles. The second-order valence-corrected chi connectivity index (χ2v) is 5.47. The van der Waals surface area contributed by atoms with Crippen molar-refractivity contribution in [3.05, 3.63) is 29.3 Å². The zero-order valence-electron chi connectivity index (χ0n) is 10.3. The van der Waals surface area contributed by atoms with Crippen LogP contribution in [0.15, 0.2) is 18.2 Å². The van der Waals surface area contributed by atoms with Crippen LogP contribution in [-0.4, -0.2) is 30.0 Å². The zero-order valence-corrected chi connectivity index (χ0v) is 11.1. The van der Waals surface area contributed by atoms with Crippen molar-refractivity contribution in [1.29, 1.82) is 0 Å². The maximum atomic E-state index is 12.0. The van der Waals surface area contributed by atoms with Crippen LogP contribution in [0.2, 0.25) is 0 Å². The van der Waals surface area contributed by atoms with Gasteiger partial charge in [-0.3, -0.25) is 4.79 Å². The van der Waals surface area contributed by atoms with E-state index in [1.54, 1.807) is 11.8 Å². The van der Waals surface area contributed by atoms with Crippen molar-refractivity contribution in [3.8, 4) is 0 Å². The average molecular weight is 250 g/mol. The smallest absolute Gasteiger partial charge is 0.237 e. The van der Waals surface area contributed by atoms with Crippen LogP contribution >= 0.6 is 11.8 Å². The van der Waals surface area contributed by atoms with Crippen molar-refractivity contribution in [3.63, 3.8) is 0 Å². The molecule has 1 aromatic carbocycles. The van der Waals surface area contributed by atoms with Crippen LogP contribution in [0, 0.1) is 13.8 Å². The molecule has 0 saturated carbocycles. The van der Waals surface area contributed by atoms with Crippen LogP contribution in [-0.2, 0) is 4.79 Å². The molecule has 1 aromatic rings. The molecule has 2 rings (SSSR count). The Kier molecular flexibility index (Phi) is 3.74. The van der Waals surface area contributed by atoms with E-state index in [0.717, 1.165) is 11.4 Å². The summed E-state index contributed by atoms with van der Waals surface area (Å²) in [6.45, 7) is 4.67. The van der Waals surface area contributed by atoms with E-state index < -0.39 is 0 Å². The number of rotatable bonds is 2. The van der Waals surface area contributed by atoms with Gasteiger partial charge >= 0.3 is 0 Å². The molecule has 17 heavy (non-hydrogen) atoms. The molecule has 0 spiro atoms. The van der Waals surface area contributed by atoms with Crippen molar-refractivity contribution in [1.82, 2.24) is 0 Å². The molecular formula is C13H18N2OS. The number of nitrogens with two attached hydrogens (primary N) is 1. The van der Waals surface area contributed by atoms with E-state index in [1.165, 1.54) is 11.1 Å². The summed E-state index contributed by atoms with van der Waals surface area (Å²) in [7, 11) is 0. The van der Waals surface area contributed by atoms with Gasteiger partial charge in [-0.15, -0.1) is 11.8 Å². The van der Waals surface area contributed by atoms with Gasteiger partial charge in [0.05, 0.1) is 11.8 Å². The van der Waals surface area contributed by atoms with Crippen LogP contribution in [0.4, 0.5) is 5.69 Å². The predicted octanol–water partition coefficient (Wildman–Crippen LogP) is 1.71.